The van der Waals surface area contributed by atoms with Crippen LogP contribution in [0.2, 0.25) is 0 Å². The van der Waals surface area contributed by atoms with Crippen LogP contribution in [0.5, 0.6) is 0 Å². The van der Waals surface area contributed by atoms with E-state index in [4.69, 9.17) is 0 Å². The van der Waals surface area contributed by atoms with Crippen LogP contribution in [0.3, 0.4) is 0 Å². The van der Waals surface area contributed by atoms with Crippen molar-refractivity contribution in [3.8, 4) is 0 Å². The van der Waals surface area contributed by atoms with Crippen molar-refractivity contribution in [2.24, 2.45) is 0 Å². The molecule has 1 aliphatic heterocycles. The minimum Gasteiger partial charge on any atom is -0.394 e. The Bertz CT molecular complexity index is 283. The number of piperazine rings is 1. The number of rotatable bonds is 8. The van der Waals surface area contributed by atoms with Crippen molar-refractivity contribution in [1.82, 2.24) is 15.1 Å². The molecular formula is C16H35N3O. The SMILES string of the molecule is CCNC(C)(CO)CCCCN1CCN(C)C(C)(C)C1. The third-order valence-corrected chi connectivity index (χ3v) is 4.80. The van der Waals surface area contributed by atoms with Crippen molar-refractivity contribution >= 4 is 0 Å². The molecule has 0 aromatic rings. The standard InChI is InChI=1S/C16H35N3O/c1-6-17-16(4,14-20)9-7-8-10-19-12-11-18(5)15(2,3)13-19/h17,20H,6-14H2,1-5H3. The number of hydrogen-bond donors (Lipinski definition) is 2. The van der Waals surface area contributed by atoms with Gasteiger partial charge in [-0.05, 0) is 53.8 Å². The highest BCUT2D eigenvalue weighted by Crippen LogP contribution is 2.20. The molecule has 1 rings (SSSR count). The number of aliphatic hydroxyl groups excluding tert-OH is 1. The van der Waals surface area contributed by atoms with Crippen molar-refractivity contribution in [3.05, 3.63) is 0 Å². The Morgan fingerprint density at radius 1 is 1.25 bits per heavy atom. The summed E-state index contributed by atoms with van der Waals surface area (Å²) in [6.45, 7) is 14.7. The summed E-state index contributed by atoms with van der Waals surface area (Å²) in [5, 5.41) is 12.9. The summed E-state index contributed by atoms with van der Waals surface area (Å²) in [4.78, 5) is 5.04. The smallest absolute Gasteiger partial charge is 0.0610 e. The van der Waals surface area contributed by atoms with Crippen molar-refractivity contribution in [2.75, 3.05) is 46.4 Å². The summed E-state index contributed by atoms with van der Waals surface area (Å²) in [6.07, 6.45) is 3.45. The van der Waals surface area contributed by atoms with E-state index in [0.717, 1.165) is 19.5 Å². The summed E-state index contributed by atoms with van der Waals surface area (Å²) in [5.41, 5.74) is 0.192. The van der Waals surface area contributed by atoms with Crippen LogP contribution in [0.15, 0.2) is 0 Å². The van der Waals surface area contributed by atoms with Gasteiger partial charge < -0.3 is 15.3 Å². The summed E-state index contributed by atoms with van der Waals surface area (Å²) >= 11 is 0. The second-order valence-corrected chi connectivity index (χ2v) is 7.22. The zero-order valence-corrected chi connectivity index (χ0v) is 14.2. The molecule has 1 aliphatic rings. The lowest BCUT2D eigenvalue weighted by Crippen LogP contribution is -2.57. The highest BCUT2D eigenvalue weighted by Gasteiger charge is 2.30. The molecule has 120 valence electrons. The van der Waals surface area contributed by atoms with Gasteiger partial charge in [0.25, 0.3) is 0 Å². The number of likely N-dealkylation sites (N-methyl/N-ethyl adjacent to an activating group) is 2. The van der Waals surface area contributed by atoms with Gasteiger partial charge in [0.1, 0.15) is 0 Å². The lowest BCUT2D eigenvalue weighted by atomic mass is 9.95. The van der Waals surface area contributed by atoms with Crippen LogP contribution in [0.1, 0.15) is 47.0 Å². The molecule has 0 amide bonds. The zero-order valence-electron chi connectivity index (χ0n) is 14.2. The van der Waals surface area contributed by atoms with E-state index in [2.05, 4.69) is 49.9 Å². The lowest BCUT2D eigenvalue weighted by molar-refractivity contribution is 0.0388. The lowest BCUT2D eigenvalue weighted by Gasteiger charge is -2.45. The summed E-state index contributed by atoms with van der Waals surface area (Å²) in [6, 6.07) is 0. The Kier molecular flexibility index (Phi) is 6.92. The van der Waals surface area contributed by atoms with Crippen LogP contribution >= 0.6 is 0 Å². The maximum atomic E-state index is 9.48. The highest BCUT2D eigenvalue weighted by molar-refractivity contribution is 4.88. The van der Waals surface area contributed by atoms with E-state index in [1.165, 1.54) is 32.5 Å². The van der Waals surface area contributed by atoms with Gasteiger partial charge in [-0.25, -0.2) is 0 Å². The monoisotopic (exact) mass is 285 g/mol. The number of hydrogen-bond acceptors (Lipinski definition) is 4. The van der Waals surface area contributed by atoms with Crippen LogP contribution in [0, 0.1) is 0 Å². The molecule has 1 heterocycles. The topological polar surface area (TPSA) is 38.7 Å². The van der Waals surface area contributed by atoms with Gasteiger partial charge in [-0.1, -0.05) is 13.3 Å². The first-order chi connectivity index (χ1) is 9.33. The van der Waals surface area contributed by atoms with Crippen LogP contribution in [-0.4, -0.2) is 72.4 Å². The predicted molar refractivity (Wildman–Crippen MR) is 86.2 cm³/mol. The molecule has 20 heavy (non-hydrogen) atoms. The van der Waals surface area contributed by atoms with Gasteiger partial charge in [0.15, 0.2) is 0 Å². The number of nitrogens with zero attached hydrogens (tertiary/aromatic N) is 2. The molecule has 2 N–H and O–H groups in total. The van der Waals surface area contributed by atoms with Crippen molar-refractivity contribution in [3.63, 3.8) is 0 Å². The first kappa shape index (κ1) is 17.9. The van der Waals surface area contributed by atoms with E-state index in [1.807, 2.05) is 0 Å². The van der Waals surface area contributed by atoms with Gasteiger partial charge in [-0.3, -0.25) is 4.90 Å². The Hall–Kier alpha value is -0.160. The third kappa shape index (κ3) is 5.32. The second kappa shape index (κ2) is 7.74. The fourth-order valence-electron chi connectivity index (χ4n) is 3.03. The van der Waals surface area contributed by atoms with E-state index < -0.39 is 0 Å². The van der Waals surface area contributed by atoms with Gasteiger partial charge in [0.05, 0.1) is 6.61 Å². The Morgan fingerprint density at radius 3 is 2.50 bits per heavy atom. The van der Waals surface area contributed by atoms with Gasteiger partial charge in [0.2, 0.25) is 0 Å². The minimum atomic E-state index is -0.101. The molecular weight excluding hydrogens is 250 g/mol. The average Bonchev–Trinajstić information content (AvgIpc) is 2.39. The molecule has 0 saturated carbocycles. The fourth-order valence-corrected chi connectivity index (χ4v) is 3.03. The molecule has 0 bridgehead atoms. The molecule has 1 unspecified atom stereocenters. The number of aliphatic hydroxyl groups is 1. The molecule has 1 saturated heterocycles. The zero-order chi connectivity index (χ0) is 15.2. The Morgan fingerprint density at radius 2 is 1.95 bits per heavy atom. The third-order valence-electron chi connectivity index (χ3n) is 4.80. The van der Waals surface area contributed by atoms with Crippen LogP contribution in [0.25, 0.3) is 0 Å². The van der Waals surface area contributed by atoms with Gasteiger partial charge in [0, 0.05) is 30.7 Å². The van der Waals surface area contributed by atoms with Crippen LogP contribution in [-0.2, 0) is 0 Å². The average molecular weight is 285 g/mol. The Labute approximate surface area is 125 Å². The maximum absolute atomic E-state index is 9.48. The Balaban J connectivity index is 2.24. The van der Waals surface area contributed by atoms with E-state index >= 15 is 0 Å². The van der Waals surface area contributed by atoms with Gasteiger partial charge >= 0.3 is 0 Å². The maximum Gasteiger partial charge on any atom is 0.0610 e. The van der Waals surface area contributed by atoms with E-state index in [-0.39, 0.29) is 12.1 Å². The van der Waals surface area contributed by atoms with Crippen molar-refractivity contribution in [2.45, 2.75) is 58.0 Å². The van der Waals surface area contributed by atoms with E-state index in [0.29, 0.717) is 5.54 Å². The normalized spacial score (nSPS) is 23.7. The largest absolute Gasteiger partial charge is 0.394 e. The van der Waals surface area contributed by atoms with Gasteiger partial charge in [-0.15, -0.1) is 0 Å². The molecule has 1 atom stereocenters. The van der Waals surface area contributed by atoms with Crippen LogP contribution < -0.4 is 5.32 Å². The van der Waals surface area contributed by atoms with E-state index in [1.54, 1.807) is 0 Å². The molecule has 4 heteroatoms. The van der Waals surface area contributed by atoms with Crippen molar-refractivity contribution < 1.29 is 5.11 Å². The van der Waals surface area contributed by atoms with Crippen LogP contribution in [0.4, 0.5) is 0 Å². The molecule has 0 aromatic heterocycles. The minimum absolute atomic E-state index is 0.101. The molecule has 0 spiro atoms. The molecule has 1 fully saturated rings. The summed E-state index contributed by atoms with van der Waals surface area (Å²) in [5.74, 6) is 0. The second-order valence-electron chi connectivity index (χ2n) is 7.22. The van der Waals surface area contributed by atoms with Gasteiger partial charge in [-0.2, -0.15) is 0 Å². The van der Waals surface area contributed by atoms with Crippen molar-refractivity contribution in [1.29, 1.82) is 0 Å². The molecule has 0 aliphatic carbocycles. The predicted octanol–water partition coefficient (Wildman–Crippen LogP) is 1.54. The quantitative estimate of drug-likeness (QED) is 0.664. The fraction of sp³-hybridized carbons (Fsp3) is 1.00. The number of unbranched alkanes of at least 4 members (excludes halogenated alkanes) is 1. The first-order valence-corrected chi connectivity index (χ1v) is 8.12. The number of nitrogens with one attached hydrogen (secondary N) is 1. The molecule has 0 aromatic carbocycles. The highest BCUT2D eigenvalue weighted by atomic mass is 16.3. The summed E-state index contributed by atoms with van der Waals surface area (Å²) < 4.78 is 0. The molecule has 4 nitrogen and oxygen atoms in total. The summed E-state index contributed by atoms with van der Waals surface area (Å²) in [7, 11) is 2.22. The first-order valence-electron chi connectivity index (χ1n) is 8.12. The molecule has 0 radical (unpaired) electrons. The van der Waals surface area contributed by atoms with E-state index in [9.17, 15) is 5.11 Å².